The van der Waals surface area contributed by atoms with Gasteiger partial charge in [-0.3, -0.25) is 4.79 Å². The molecule has 2 aromatic rings. The Bertz CT molecular complexity index is 1020. The number of halogens is 1. The van der Waals surface area contributed by atoms with Gasteiger partial charge < -0.3 is 10.4 Å². The molecule has 1 saturated carbocycles. The maximum atomic E-state index is 12.6. The van der Waals surface area contributed by atoms with Crippen molar-refractivity contribution in [3.05, 3.63) is 57.6 Å². The third-order valence-electron chi connectivity index (χ3n) is 7.75. The minimum atomic E-state index is -0.913. The van der Waals surface area contributed by atoms with Gasteiger partial charge in [-0.05, 0) is 81.7 Å². The Balaban J connectivity index is 1.64. The molecule has 2 fully saturated rings. The lowest BCUT2D eigenvalue weighted by Gasteiger charge is -2.39. The van der Waals surface area contributed by atoms with Crippen LogP contribution in [-0.4, -0.2) is 33.1 Å². The Morgan fingerprint density at radius 1 is 1.23 bits per heavy atom. The number of aliphatic carboxylic acids is 1. The maximum absolute atomic E-state index is 12.6. The van der Waals surface area contributed by atoms with Crippen LogP contribution in [0.25, 0.3) is 0 Å². The molecule has 3 aliphatic rings. The molecule has 2 N–H and O–H groups in total. The quantitative estimate of drug-likeness (QED) is 0.701. The van der Waals surface area contributed by atoms with Gasteiger partial charge in [-0.25, -0.2) is 9.97 Å². The van der Waals surface area contributed by atoms with Crippen molar-refractivity contribution in [1.82, 2.24) is 15.3 Å². The van der Waals surface area contributed by atoms with E-state index in [0.717, 1.165) is 67.3 Å². The van der Waals surface area contributed by atoms with Gasteiger partial charge in [0, 0.05) is 16.4 Å². The number of nitrogens with one attached hydrogen (secondary N) is 1. The van der Waals surface area contributed by atoms with Crippen molar-refractivity contribution in [1.29, 1.82) is 0 Å². The van der Waals surface area contributed by atoms with E-state index in [9.17, 15) is 9.90 Å². The van der Waals surface area contributed by atoms with Gasteiger partial charge in [-0.15, -0.1) is 0 Å². The molecule has 2 heterocycles. The predicted octanol–water partition coefficient (Wildman–Crippen LogP) is 4.78. The molecule has 5 nitrogen and oxygen atoms in total. The molecule has 0 radical (unpaired) electrons. The summed E-state index contributed by atoms with van der Waals surface area (Å²) in [4.78, 5) is 22.4. The third kappa shape index (κ3) is 3.46. The average molecular weight is 440 g/mol. The van der Waals surface area contributed by atoms with Crippen molar-refractivity contribution in [2.24, 2.45) is 5.92 Å². The Labute approximate surface area is 188 Å². The number of aromatic nitrogens is 2. The fraction of sp³-hybridized carbons (Fsp3) is 0.560. The summed E-state index contributed by atoms with van der Waals surface area (Å²) in [5.41, 5.74) is 3.27. The number of fused-ring (bicyclic) bond motifs is 1. The maximum Gasteiger partial charge on any atom is 0.324 e. The van der Waals surface area contributed by atoms with Gasteiger partial charge in [0.05, 0.1) is 11.4 Å². The fourth-order valence-corrected chi connectivity index (χ4v) is 6.05. The summed E-state index contributed by atoms with van der Waals surface area (Å²) in [7, 11) is 0. The molecule has 2 unspecified atom stereocenters. The molecule has 3 atom stereocenters. The lowest BCUT2D eigenvalue weighted by molar-refractivity contribution is -0.145. The number of carboxylic acid groups (broad SMARTS) is 1. The van der Waals surface area contributed by atoms with Crippen LogP contribution in [0.2, 0.25) is 5.02 Å². The summed E-state index contributed by atoms with van der Waals surface area (Å²) in [6, 6.07) is 8.08. The van der Waals surface area contributed by atoms with E-state index in [-0.39, 0.29) is 11.3 Å². The van der Waals surface area contributed by atoms with Crippen LogP contribution < -0.4 is 5.32 Å². The lowest BCUT2D eigenvalue weighted by Crippen LogP contribution is -2.52. The van der Waals surface area contributed by atoms with E-state index in [0.29, 0.717) is 12.3 Å². The van der Waals surface area contributed by atoms with Crippen LogP contribution in [0.3, 0.4) is 0 Å². The van der Waals surface area contributed by atoms with Crippen molar-refractivity contribution < 1.29 is 9.90 Å². The van der Waals surface area contributed by atoms with Crippen LogP contribution >= 0.6 is 11.6 Å². The highest BCUT2D eigenvalue weighted by molar-refractivity contribution is 6.30. The van der Waals surface area contributed by atoms with Gasteiger partial charge in [-0.1, -0.05) is 36.6 Å². The van der Waals surface area contributed by atoms with E-state index >= 15 is 0 Å². The minimum absolute atomic E-state index is 0.117. The molecule has 1 aromatic heterocycles. The van der Waals surface area contributed by atoms with Gasteiger partial charge in [0.1, 0.15) is 11.4 Å². The highest BCUT2D eigenvalue weighted by atomic mass is 35.5. The zero-order chi connectivity index (χ0) is 21.8. The standard InChI is InChI=1S/C25H30ClN3O2/c1-15-28-21(20-11-13-27-25(20,23(30)31)14-16-5-6-16)19-4-3-12-24(2,22(19)29-15)17-7-9-18(26)10-8-17/h7-10,16,20,27H,3-6,11-14H2,1-2H3,(H,30,31)/t20?,24?,25-/m0/s1. The van der Waals surface area contributed by atoms with E-state index in [2.05, 4.69) is 24.4 Å². The average Bonchev–Trinajstić information content (AvgIpc) is 3.44. The topological polar surface area (TPSA) is 75.1 Å². The molecule has 0 amide bonds. The molecule has 0 bridgehead atoms. The number of nitrogens with zero attached hydrogens (tertiary/aromatic N) is 2. The first-order valence-corrected chi connectivity index (χ1v) is 11.8. The number of hydrogen-bond donors (Lipinski definition) is 2. The molecule has 0 spiro atoms. The SMILES string of the molecule is Cc1nc(C2CCN[C@]2(CC2CC2)C(=O)O)c2c(n1)C(C)(c1ccc(Cl)cc1)CCC2. The Morgan fingerprint density at radius 2 is 1.97 bits per heavy atom. The smallest absolute Gasteiger partial charge is 0.324 e. The molecule has 1 aromatic carbocycles. The van der Waals surface area contributed by atoms with Crippen LogP contribution in [-0.2, 0) is 16.6 Å². The first kappa shape index (κ1) is 20.9. The number of benzene rings is 1. The summed E-state index contributed by atoms with van der Waals surface area (Å²) < 4.78 is 0. The van der Waals surface area contributed by atoms with Crippen molar-refractivity contribution in [2.45, 2.75) is 75.7 Å². The summed E-state index contributed by atoms with van der Waals surface area (Å²) in [5, 5.41) is 14.5. The number of aryl methyl sites for hydroxylation is 1. The van der Waals surface area contributed by atoms with Gasteiger partial charge in [0.25, 0.3) is 0 Å². The van der Waals surface area contributed by atoms with Gasteiger partial charge in [0.2, 0.25) is 0 Å². The zero-order valence-electron chi connectivity index (χ0n) is 18.2. The second-order valence-electron chi connectivity index (χ2n) is 9.87. The molecule has 1 saturated heterocycles. The van der Waals surface area contributed by atoms with Crippen LogP contribution in [0.4, 0.5) is 0 Å². The second-order valence-corrected chi connectivity index (χ2v) is 10.3. The second kappa shape index (κ2) is 7.56. The largest absolute Gasteiger partial charge is 0.480 e. The van der Waals surface area contributed by atoms with Gasteiger partial charge >= 0.3 is 5.97 Å². The van der Waals surface area contributed by atoms with Crippen LogP contribution in [0.5, 0.6) is 0 Å². The van der Waals surface area contributed by atoms with Crippen molar-refractivity contribution in [3.63, 3.8) is 0 Å². The number of hydrogen-bond acceptors (Lipinski definition) is 4. The van der Waals surface area contributed by atoms with Crippen molar-refractivity contribution in [3.8, 4) is 0 Å². The summed E-state index contributed by atoms with van der Waals surface area (Å²) in [6.45, 7) is 4.91. The number of rotatable bonds is 5. The highest BCUT2D eigenvalue weighted by Crippen LogP contribution is 2.49. The Morgan fingerprint density at radius 3 is 2.65 bits per heavy atom. The summed E-state index contributed by atoms with van der Waals surface area (Å²) in [6.07, 6.45) is 6.72. The lowest BCUT2D eigenvalue weighted by atomic mass is 9.67. The van der Waals surface area contributed by atoms with Crippen LogP contribution in [0, 0.1) is 12.8 Å². The van der Waals surface area contributed by atoms with E-state index in [1.807, 2.05) is 19.1 Å². The van der Waals surface area contributed by atoms with E-state index in [4.69, 9.17) is 21.6 Å². The number of carbonyl (C=O) groups is 1. The monoisotopic (exact) mass is 439 g/mol. The Kier molecular flexibility index (Phi) is 5.10. The molecular weight excluding hydrogens is 410 g/mol. The first-order valence-electron chi connectivity index (χ1n) is 11.5. The molecule has 2 aliphatic carbocycles. The van der Waals surface area contributed by atoms with Crippen molar-refractivity contribution >= 4 is 17.6 Å². The van der Waals surface area contributed by atoms with Crippen molar-refractivity contribution in [2.75, 3.05) is 6.54 Å². The molecule has 6 heteroatoms. The molecule has 1 aliphatic heterocycles. The summed E-state index contributed by atoms with van der Waals surface area (Å²) in [5.74, 6) is 0.396. The van der Waals surface area contributed by atoms with Crippen LogP contribution in [0.1, 0.15) is 79.7 Å². The Hall–Kier alpha value is -1.98. The normalized spacial score (nSPS) is 30.2. The molecular formula is C25H30ClN3O2. The minimum Gasteiger partial charge on any atom is -0.480 e. The molecule has 5 rings (SSSR count). The highest BCUT2D eigenvalue weighted by Gasteiger charge is 2.54. The molecule has 164 valence electrons. The van der Waals surface area contributed by atoms with E-state index < -0.39 is 11.5 Å². The predicted molar refractivity (Wildman–Crippen MR) is 121 cm³/mol. The first-order chi connectivity index (χ1) is 14.8. The van der Waals surface area contributed by atoms with Gasteiger partial charge in [-0.2, -0.15) is 0 Å². The third-order valence-corrected chi connectivity index (χ3v) is 8.00. The fourth-order valence-electron chi connectivity index (χ4n) is 5.93. The summed E-state index contributed by atoms with van der Waals surface area (Å²) >= 11 is 6.15. The van der Waals surface area contributed by atoms with E-state index in [1.165, 1.54) is 11.1 Å². The van der Waals surface area contributed by atoms with E-state index in [1.54, 1.807) is 0 Å². The van der Waals surface area contributed by atoms with Gasteiger partial charge in [0.15, 0.2) is 0 Å². The molecule has 31 heavy (non-hydrogen) atoms. The zero-order valence-corrected chi connectivity index (χ0v) is 19.0. The van der Waals surface area contributed by atoms with Crippen LogP contribution in [0.15, 0.2) is 24.3 Å². The number of carboxylic acids is 1.